The first-order chi connectivity index (χ1) is 14.3. The van der Waals surface area contributed by atoms with Crippen LogP contribution in [0.1, 0.15) is 34.6 Å². The lowest BCUT2D eigenvalue weighted by atomic mass is 10.2. The highest BCUT2D eigenvalue weighted by molar-refractivity contribution is 5.99. The monoisotopic (exact) mass is 415 g/mol. The minimum absolute atomic E-state index is 0.0968. The first kappa shape index (κ1) is 22.7. The van der Waals surface area contributed by atoms with Crippen LogP contribution in [0, 0.1) is 5.92 Å². The Labute approximate surface area is 175 Å². The number of methoxy groups -OCH3 is 2. The lowest BCUT2D eigenvalue weighted by molar-refractivity contribution is -0.119. The van der Waals surface area contributed by atoms with Crippen molar-refractivity contribution in [1.29, 1.82) is 0 Å². The van der Waals surface area contributed by atoms with Gasteiger partial charge in [0, 0.05) is 5.69 Å². The molecule has 0 fully saturated rings. The predicted molar refractivity (Wildman–Crippen MR) is 110 cm³/mol. The van der Waals surface area contributed by atoms with Gasteiger partial charge in [-0.2, -0.15) is 0 Å². The number of benzene rings is 2. The number of ether oxygens (including phenoxy) is 4. The molecule has 2 aromatic rings. The third-order valence-corrected chi connectivity index (χ3v) is 3.92. The Hall–Kier alpha value is -3.55. The molecule has 0 aliphatic heterocycles. The minimum atomic E-state index is -0.748. The second-order valence-electron chi connectivity index (χ2n) is 6.73. The third-order valence-electron chi connectivity index (χ3n) is 3.92. The molecule has 0 atom stereocenters. The smallest absolute Gasteiger partial charge is 0.346 e. The van der Waals surface area contributed by atoms with Gasteiger partial charge in [0.05, 0.1) is 26.4 Å². The Morgan fingerprint density at radius 3 is 2.00 bits per heavy atom. The largest absolute Gasteiger partial charge is 0.496 e. The molecule has 2 aromatic carbocycles. The van der Waals surface area contributed by atoms with E-state index in [9.17, 15) is 14.4 Å². The van der Waals surface area contributed by atoms with E-state index in [0.717, 1.165) is 0 Å². The highest BCUT2D eigenvalue weighted by atomic mass is 16.5. The number of esters is 2. The van der Waals surface area contributed by atoms with Crippen LogP contribution in [0.15, 0.2) is 42.5 Å². The fourth-order valence-corrected chi connectivity index (χ4v) is 2.47. The average Bonchev–Trinajstić information content (AvgIpc) is 2.75. The van der Waals surface area contributed by atoms with Gasteiger partial charge >= 0.3 is 11.9 Å². The van der Waals surface area contributed by atoms with E-state index < -0.39 is 24.5 Å². The van der Waals surface area contributed by atoms with E-state index in [4.69, 9.17) is 18.9 Å². The lowest BCUT2D eigenvalue weighted by Crippen LogP contribution is -2.21. The van der Waals surface area contributed by atoms with Gasteiger partial charge in [0.25, 0.3) is 5.91 Å². The summed E-state index contributed by atoms with van der Waals surface area (Å²) in [6.45, 7) is 3.73. The molecule has 0 radical (unpaired) electrons. The molecule has 2 rings (SSSR count). The van der Waals surface area contributed by atoms with Gasteiger partial charge in [-0.25, -0.2) is 9.59 Å². The molecule has 0 unspecified atom stereocenters. The number of hydrogen-bond acceptors (Lipinski definition) is 7. The van der Waals surface area contributed by atoms with Gasteiger partial charge in [0.2, 0.25) is 0 Å². The zero-order valence-corrected chi connectivity index (χ0v) is 17.4. The van der Waals surface area contributed by atoms with Crippen molar-refractivity contribution in [3.63, 3.8) is 0 Å². The minimum Gasteiger partial charge on any atom is -0.496 e. The zero-order chi connectivity index (χ0) is 22.1. The fraction of sp³-hybridized carbons (Fsp3) is 0.318. The van der Waals surface area contributed by atoms with E-state index >= 15 is 0 Å². The SMILES string of the molecule is COc1cccc(OC)c1C(=O)OCC(=O)Nc1ccc(C(=O)OCC(C)C)cc1. The van der Waals surface area contributed by atoms with E-state index in [2.05, 4.69) is 5.32 Å². The molecule has 8 heteroatoms. The Kier molecular flexibility index (Phi) is 8.22. The van der Waals surface area contributed by atoms with Gasteiger partial charge in [-0.3, -0.25) is 4.79 Å². The van der Waals surface area contributed by atoms with Crippen molar-refractivity contribution in [3.05, 3.63) is 53.6 Å². The summed E-state index contributed by atoms with van der Waals surface area (Å²) < 4.78 is 20.5. The summed E-state index contributed by atoms with van der Waals surface area (Å²) in [6, 6.07) is 11.1. The average molecular weight is 415 g/mol. The van der Waals surface area contributed by atoms with Crippen LogP contribution >= 0.6 is 0 Å². The molecule has 1 amide bonds. The van der Waals surface area contributed by atoms with Crippen LogP contribution in [0.4, 0.5) is 5.69 Å². The molecule has 30 heavy (non-hydrogen) atoms. The van der Waals surface area contributed by atoms with Crippen LogP contribution in [-0.4, -0.2) is 45.3 Å². The normalized spacial score (nSPS) is 10.3. The molecule has 1 N–H and O–H groups in total. The summed E-state index contributed by atoms with van der Waals surface area (Å²) in [5.41, 5.74) is 0.925. The van der Waals surface area contributed by atoms with Crippen LogP contribution < -0.4 is 14.8 Å². The van der Waals surface area contributed by atoms with Crippen molar-refractivity contribution >= 4 is 23.5 Å². The van der Waals surface area contributed by atoms with Gasteiger partial charge < -0.3 is 24.3 Å². The number of rotatable bonds is 9. The van der Waals surface area contributed by atoms with Gasteiger partial charge in [-0.05, 0) is 42.3 Å². The van der Waals surface area contributed by atoms with Crippen molar-refractivity contribution in [2.75, 3.05) is 32.8 Å². The number of amides is 1. The summed E-state index contributed by atoms with van der Waals surface area (Å²) >= 11 is 0. The maximum atomic E-state index is 12.4. The van der Waals surface area contributed by atoms with E-state index in [1.54, 1.807) is 42.5 Å². The van der Waals surface area contributed by atoms with Crippen molar-refractivity contribution in [1.82, 2.24) is 0 Å². The molecular weight excluding hydrogens is 390 g/mol. The molecule has 0 saturated carbocycles. The second-order valence-corrected chi connectivity index (χ2v) is 6.73. The molecule has 0 aromatic heterocycles. The van der Waals surface area contributed by atoms with Crippen molar-refractivity contribution in [3.8, 4) is 11.5 Å². The number of hydrogen-bond donors (Lipinski definition) is 1. The molecular formula is C22H25NO7. The number of carbonyl (C=O) groups is 3. The first-order valence-corrected chi connectivity index (χ1v) is 9.30. The Morgan fingerprint density at radius 2 is 1.47 bits per heavy atom. The Balaban J connectivity index is 1.92. The van der Waals surface area contributed by atoms with E-state index in [1.165, 1.54) is 14.2 Å². The summed E-state index contributed by atoms with van der Waals surface area (Å²) in [6.07, 6.45) is 0. The van der Waals surface area contributed by atoms with Gasteiger partial charge in [-0.1, -0.05) is 19.9 Å². The van der Waals surface area contributed by atoms with Crippen molar-refractivity contribution < 1.29 is 33.3 Å². The lowest BCUT2D eigenvalue weighted by Gasteiger charge is -2.12. The molecule has 0 aliphatic rings. The molecule has 160 valence electrons. The number of nitrogens with one attached hydrogen (secondary N) is 1. The zero-order valence-electron chi connectivity index (χ0n) is 17.4. The second kappa shape index (κ2) is 10.8. The fourth-order valence-electron chi connectivity index (χ4n) is 2.47. The highest BCUT2D eigenvalue weighted by Gasteiger charge is 2.20. The van der Waals surface area contributed by atoms with Crippen LogP contribution in [0.2, 0.25) is 0 Å². The first-order valence-electron chi connectivity index (χ1n) is 9.30. The highest BCUT2D eigenvalue weighted by Crippen LogP contribution is 2.28. The molecule has 0 aliphatic carbocycles. The number of anilines is 1. The van der Waals surface area contributed by atoms with Crippen LogP contribution in [0.3, 0.4) is 0 Å². The van der Waals surface area contributed by atoms with E-state index in [1.807, 2.05) is 13.8 Å². The molecule has 0 bridgehead atoms. The van der Waals surface area contributed by atoms with E-state index in [0.29, 0.717) is 17.9 Å². The molecule has 0 spiro atoms. The maximum Gasteiger partial charge on any atom is 0.346 e. The topological polar surface area (TPSA) is 100 Å². The Morgan fingerprint density at radius 1 is 0.867 bits per heavy atom. The number of carbonyl (C=O) groups excluding carboxylic acids is 3. The molecule has 0 heterocycles. The molecule has 8 nitrogen and oxygen atoms in total. The Bertz CT molecular complexity index is 869. The summed E-state index contributed by atoms with van der Waals surface area (Å²) in [5.74, 6) is -0.915. The quantitative estimate of drug-likeness (QED) is 0.627. The van der Waals surface area contributed by atoms with Crippen LogP contribution in [0.5, 0.6) is 11.5 Å². The third kappa shape index (κ3) is 6.23. The summed E-state index contributed by atoms with van der Waals surface area (Å²) in [4.78, 5) is 36.4. The predicted octanol–water partition coefficient (Wildman–Crippen LogP) is 3.31. The van der Waals surface area contributed by atoms with Crippen molar-refractivity contribution in [2.45, 2.75) is 13.8 Å². The van der Waals surface area contributed by atoms with Gasteiger partial charge in [0.15, 0.2) is 6.61 Å². The van der Waals surface area contributed by atoms with Crippen molar-refractivity contribution in [2.24, 2.45) is 5.92 Å². The standard InChI is InChI=1S/C22H25NO7/c1-14(2)12-29-21(25)15-8-10-16(11-9-15)23-19(24)13-30-22(26)20-17(27-3)6-5-7-18(20)28-4/h5-11,14H,12-13H2,1-4H3,(H,23,24). The van der Waals surface area contributed by atoms with Gasteiger partial charge in [0.1, 0.15) is 17.1 Å². The van der Waals surface area contributed by atoms with Gasteiger partial charge in [-0.15, -0.1) is 0 Å². The maximum absolute atomic E-state index is 12.4. The molecule has 0 saturated heterocycles. The van der Waals surface area contributed by atoms with Crippen LogP contribution in [0.25, 0.3) is 0 Å². The summed E-state index contributed by atoms with van der Waals surface area (Å²) in [5, 5.41) is 2.59. The van der Waals surface area contributed by atoms with Crippen LogP contribution in [-0.2, 0) is 14.3 Å². The summed E-state index contributed by atoms with van der Waals surface area (Å²) in [7, 11) is 2.83. The van der Waals surface area contributed by atoms with E-state index in [-0.39, 0.29) is 23.0 Å².